The summed E-state index contributed by atoms with van der Waals surface area (Å²) in [5.41, 5.74) is 0. The number of carbonyl (C=O) groups excluding carboxylic acids is 3. The molecule has 0 aromatic heterocycles. The first-order valence-electron chi connectivity index (χ1n) is 11.6. The molecule has 3 aliphatic rings. The Morgan fingerprint density at radius 3 is 2.53 bits per heavy atom. The highest BCUT2D eigenvalue weighted by molar-refractivity contribution is 8.02. The number of nitrogens with one attached hydrogen (secondary N) is 2. The molecule has 0 saturated carbocycles. The zero-order valence-corrected chi connectivity index (χ0v) is 19.3. The van der Waals surface area contributed by atoms with Crippen LogP contribution < -0.4 is 10.6 Å². The Hall–Kier alpha value is -1.28. The van der Waals surface area contributed by atoms with E-state index < -0.39 is 16.7 Å². The summed E-state index contributed by atoms with van der Waals surface area (Å²) in [5.74, 6) is -0.784. The number of carbonyl (C=O) groups is 3. The molecule has 30 heavy (non-hydrogen) atoms. The second kappa shape index (κ2) is 9.90. The van der Waals surface area contributed by atoms with Crippen LogP contribution in [-0.4, -0.2) is 70.0 Å². The van der Waals surface area contributed by atoms with E-state index in [2.05, 4.69) is 24.5 Å². The van der Waals surface area contributed by atoms with Crippen molar-refractivity contribution in [2.45, 2.75) is 75.3 Å². The fourth-order valence-electron chi connectivity index (χ4n) is 5.61. The van der Waals surface area contributed by atoms with Crippen molar-refractivity contribution in [3.8, 4) is 0 Å². The van der Waals surface area contributed by atoms with Gasteiger partial charge in [0.1, 0.15) is 6.04 Å². The summed E-state index contributed by atoms with van der Waals surface area (Å²) in [7, 11) is 0. The molecule has 2 bridgehead atoms. The van der Waals surface area contributed by atoms with E-state index in [0.717, 1.165) is 25.7 Å². The first kappa shape index (κ1) is 23.4. The molecular formula is C22H37N3O4S. The molecule has 170 valence electrons. The van der Waals surface area contributed by atoms with Crippen LogP contribution in [0.25, 0.3) is 0 Å². The van der Waals surface area contributed by atoms with Gasteiger partial charge in [0.05, 0.1) is 16.6 Å². The van der Waals surface area contributed by atoms with Crippen LogP contribution in [0.3, 0.4) is 0 Å². The zero-order valence-electron chi connectivity index (χ0n) is 18.5. The van der Waals surface area contributed by atoms with Gasteiger partial charge in [-0.25, -0.2) is 0 Å². The fraction of sp³-hybridized carbons (Fsp3) is 0.864. The maximum atomic E-state index is 13.6. The lowest BCUT2D eigenvalue weighted by Crippen LogP contribution is -2.56. The molecule has 0 aromatic carbocycles. The summed E-state index contributed by atoms with van der Waals surface area (Å²) in [4.78, 5) is 41.7. The van der Waals surface area contributed by atoms with Crippen molar-refractivity contribution < 1.29 is 19.5 Å². The molecule has 1 spiro atoms. The number of thioether (sulfide) groups is 1. The van der Waals surface area contributed by atoms with Crippen LogP contribution in [0.2, 0.25) is 0 Å². The van der Waals surface area contributed by atoms with Gasteiger partial charge in [-0.15, -0.1) is 11.8 Å². The maximum Gasteiger partial charge on any atom is 0.244 e. The van der Waals surface area contributed by atoms with E-state index in [9.17, 15) is 19.5 Å². The Balaban J connectivity index is 1.92. The highest BCUT2D eigenvalue weighted by atomic mass is 32.2. The normalized spacial score (nSPS) is 34.3. The molecule has 6 atom stereocenters. The van der Waals surface area contributed by atoms with E-state index in [1.54, 1.807) is 16.7 Å². The van der Waals surface area contributed by atoms with Gasteiger partial charge in [-0.1, -0.05) is 27.2 Å². The molecule has 3 heterocycles. The van der Waals surface area contributed by atoms with E-state index in [0.29, 0.717) is 32.5 Å². The third-order valence-electron chi connectivity index (χ3n) is 6.98. The van der Waals surface area contributed by atoms with Gasteiger partial charge in [0.15, 0.2) is 0 Å². The molecule has 0 aromatic rings. The molecule has 3 unspecified atom stereocenters. The van der Waals surface area contributed by atoms with Crippen molar-refractivity contribution in [2.75, 3.05) is 26.2 Å². The molecule has 3 rings (SSSR count). The topological polar surface area (TPSA) is 98.7 Å². The van der Waals surface area contributed by atoms with Crippen LogP contribution >= 0.6 is 11.8 Å². The first-order valence-corrected chi connectivity index (χ1v) is 12.5. The molecule has 3 N–H and O–H groups in total. The maximum absolute atomic E-state index is 13.6. The number of nitrogens with zero attached hydrogens (tertiary/aromatic N) is 1. The number of fused-ring (bicyclic) bond motifs is 1. The highest BCUT2D eigenvalue weighted by Gasteiger charge is 2.75. The zero-order chi connectivity index (χ0) is 21.9. The predicted octanol–water partition coefficient (Wildman–Crippen LogP) is 1.54. The molecule has 3 fully saturated rings. The van der Waals surface area contributed by atoms with Crippen molar-refractivity contribution in [1.82, 2.24) is 15.5 Å². The van der Waals surface area contributed by atoms with Gasteiger partial charge >= 0.3 is 0 Å². The largest absolute Gasteiger partial charge is 0.396 e. The van der Waals surface area contributed by atoms with E-state index in [1.807, 2.05) is 6.92 Å². The minimum atomic E-state index is -0.542. The van der Waals surface area contributed by atoms with E-state index in [-0.39, 0.29) is 41.4 Å². The molecule has 3 saturated heterocycles. The predicted molar refractivity (Wildman–Crippen MR) is 118 cm³/mol. The Morgan fingerprint density at radius 1 is 1.13 bits per heavy atom. The van der Waals surface area contributed by atoms with Crippen molar-refractivity contribution >= 4 is 29.5 Å². The third kappa shape index (κ3) is 3.85. The Labute approximate surface area is 184 Å². The number of unbranched alkanes of at least 4 members (excludes halogenated alkanes) is 2. The summed E-state index contributed by atoms with van der Waals surface area (Å²) in [6.07, 6.45) is 4.86. The van der Waals surface area contributed by atoms with Crippen molar-refractivity contribution in [2.24, 2.45) is 17.8 Å². The highest BCUT2D eigenvalue weighted by Crippen LogP contribution is 2.68. The SMILES string of the molecule is CCCCNC(=O)C1N(CCCCO)C(=O)[C@@H]2[C@@H](C(=O)NCCC)[C@H]3CC(C)C12S3. The average molecular weight is 440 g/mol. The fourth-order valence-corrected chi connectivity index (χ4v) is 8.03. The lowest BCUT2D eigenvalue weighted by Gasteiger charge is -2.38. The summed E-state index contributed by atoms with van der Waals surface area (Å²) in [6.45, 7) is 7.96. The van der Waals surface area contributed by atoms with Gasteiger partial charge in [-0.3, -0.25) is 14.4 Å². The van der Waals surface area contributed by atoms with Crippen molar-refractivity contribution in [1.29, 1.82) is 0 Å². The van der Waals surface area contributed by atoms with E-state index >= 15 is 0 Å². The molecule has 0 aliphatic carbocycles. The molecule has 3 aliphatic heterocycles. The summed E-state index contributed by atoms with van der Waals surface area (Å²) in [5, 5.41) is 15.3. The number of amides is 3. The third-order valence-corrected chi connectivity index (χ3v) is 9.06. The van der Waals surface area contributed by atoms with Gasteiger partial charge in [-0.05, 0) is 38.0 Å². The molecule has 8 heteroatoms. The summed E-state index contributed by atoms with van der Waals surface area (Å²) >= 11 is 1.72. The smallest absolute Gasteiger partial charge is 0.244 e. The molecular weight excluding hydrogens is 402 g/mol. The quantitative estimate of drug-likeness (QED) is 0.424. The van der Waals surface area contributed by atoms with Crippen molar-refractivity contribution in [3.05, 3.63) is 0 Å². The summed E-state index contributed by atoms with van der Waals surface area (Å²) in [6, 6.07) is -0.542. The van der Waals surface area contributed by atoms with Crippen LogP contribution in [0.5, 0.6) is 0 Å². The minimum absolute atomic E-state index is 0.0381. The van der Waals surface area contributed by atoms with Crippen LogP contribution in [0.1, 0.15) is 59.3 Å². The summed E-state index contributed by atoms with van der Waals surface area (Å²) < 4.78 is -0.536. The first-order chi connectivity index (χ1) is 14.4. The van der Waals surface area contributed by atoms with Crippen molar-refractivity contribution in [3.63, 3.8) is 0 Å². The number of hydrogen-bond acceptors (Lipinski definition) is 5. The number of rotatable bonds is 11. The molecule has 3 amide bonds. The Morgan fingerprint density at radius 2 is 1.87 bits per heavy atom. The lowest BCUT2D eigenvalue weighted by atomic mass is 9.66. The number of aliphatic hydroxyl groups is 1. The molecule has 7 nitrogen and oxygen atoms in total. The van der Waals surface area contributed by atoms with Crippen LogP contribution in [0.15, 0.2) is 0 Å². The second-order valence-corrected chi connectivity index (χ2v) is 10.5. The number of hydrogen-bond donors (Lipinski definition) is 3. The van der Waals surface area contributed by atoms with E-state index in [1.165, 1.54) is 0 Å². The van der Waals surface area contributed by atoms with Crippen LogP contribution in [-0.2, 0) is 14.4 Å². The Bertz CT molecular complexity index is 660. The van der Waals surface area contributed by atoms with Crippen LogP contribution in [0, 0.1) is 17.8 Å². The van der Waals surface area contributed by atoms with Gasteiger partial charge in [0.2, 0.25) is 17.7 Å². The van der Waals surface area contributed by atoms with Gasteiger partial charge in [0.25, 0.3) is 0 Å². The molecule has 0 radical (unpaired) electrons. The Kier molecular flexibility index (Phi) is 7.71. The monoisotopic (exact) mass is 439 g/mol. The lowest BCUT2D eigenvalue weighted by molar-refractivity contribution is -0.140. The standard InChI is InChI=1S/C22H37N3O4S/c1-4-6-10-24-20(28)18-22-14(3)13-15(30-22)16(19(27)23-9-5-2)17(22)21(29)25(18)11-7-8-12-26/h14-18,26H,4-13H2,1-3H3,(H,23,27)(H,24,28)/t14?,15-,16+,17+,18?,22?/m1/s1. The minimum Gasteiger partial charge on any atom is -0.396 e. The number of aliphatic hydroxyl groups excluding tert-OH is 1. The van der Waals surface area contributed by atoms with E-state index in [4.69, 9.17) is 0 Å². The van der Waals surface area contributed by atoms with Gasteiger partial charge < -0.3 is 20.6 Å². The van der Waals surface area contributed by atoms with Gasteiger partial charge in [0, 0.05) is 31.5 Å². The average Bonchev–Trinajstić information content (AvgIpc) is 3.30. The number of likely N-dealkylation sites (tertiary alicyclic amines) is 1. The van der Waals surface area contributed by atoms with Crippen LogP contribution in [0.4, 0.5) is 0 Å². The van der Waals surface area contributed by atoms with Gasteiger partial charge in [-0.2, -0.15) is 0 Å². The second-order valence-electron chi connectivity index (χ2n) is 8.95.